The van der Waals surface area contributed by atoms with Crippen molar-refractivity contribution in [2.24, 2.45) is 0 Å². The predicted octanol–water partition coefficient (Wildman–Crippen LogP) is 5.75. The number of rotatable bonds is 7. The highest BCUT2D eigenvalue weighted by atomic mass is 79.9. The number of carbonyl (C=O) groups excluding carboxylic acids is 1. The number of ether oxygens (including phenoxy) is 1. The molecule has 4 rings (SSSR count). The highest BCUT2D eigenvalue weighted by Crippen LogP contribution is 2.33. The topological polar surface area (TPSA) is 87.7 Å². The van der Waals surface area contributed by atoms with Gasteiger partial charge in [0.1, 0.15) is 12.4 Å². The second-order valence-electron chi connectivity index (χ2n) is 8.43. The molecule has 3 aromatic carbocycles. The fourth-order valence-electron chi connectivity index (χ4n) is 4.17. The van der Waals surface area contributed by atoms with Crippen molar-refractivity contribution >= 4 is 33.5 Å². The number of amides is 1. The van der Waals surface area contributed by atoms with E-state index in [4.69, 9.17) is 4.74 Å². The Kier molecular flexibility index (Phi) is 7.65. The van der Waals surface area contributed by atoms with E-state index >= 15 is 0 Å². The van der Waals surface area contributed by atoms with Gasteiger partial charge in [-0.1, -0.05) is 42.5 Å². The van der Waals surface area contributed by atoms with Gasteiger partial charge in [-0.15, -0.1) is 0 Å². The zero-order valence-electron chi connectivity index (χ0n) is 18.9. The lowest BCUT2D eigenvalue weighted by atomic mass is 9.89. The normalized spacial score (nSPS) is 13.9. The Balaban J connectivity index is 1.66. The van der Waals surface area contributed by atoms with Crippen molar-refractivity contribution in [2.75, 3.05) is 18.4 Å². The molecule has 1 amide bonds. The smallest absolute Gasteiger partial charge is 0.336 e. The number of hydrogen-bond donors (Lipinski definition) is 3. The van der Waals surface area contributed by atoms with E-state index in [1.54, 1.807) is 6.07 Å². The summed E-state index contributed by atoms with van der Waals surface area (Å²) < 4.78 is 6.41. The number of aryl methyl sites for hydroxylation is 1. The average molecular weight is 523 g/mol. The van der Waals surface area contributed by atoms with Crippen LogP contribution in [-0.2, 0) is 6.61 Å². The van der Waals surface area contributed by atoms with Crippen LogP contribution in [0, 0.1) is 6.92 Å². The van der Waals surface area contributed by atoms with Crippen molar-refractivity contribution in [3.63, 3.8) is 0 Å². The molecule has 0 radical (unpaired) electrons. The molecule has 7 heteroatoms. The van der Waals surface area contributed by atoms with Crippen LogP contribution in [0.15, 0.2) is 65.1 Å². The summed E-state index contributed by atoms with van der Waals surface area (Å²) in [5.74, 6) is -0.547. The Morgan fingerprint density at radius 2 is 1.79 bits per heavy atom. The summed E-state index contributed by atoms with van der Waals surface area (Å²) in [7, 11) is 0. The molecule has 0 bridgehead atoms. The number of benzene rings is 3. The second-order valence-corrected chi connectivity index (χ2v) is 9.23. The van der Waals surface area contributed by atoms with Gasteiger partial charge in [0.2, 0.25) is 0 Å². The summed E-state index contributed by atoms with van der Waals surface area (Å²) in [6.45, 7) is 4.06. The van der Waals surface area contributed by atoms with Gasteiger partial charge in [0.15, 0.2) is 0 Å². The van der Waals surface area contributed by atoms with E-state index in [1.807, 2.05) is 55.5 Å². The number of carboxylic acid groups (broad SMARTS) is 1. The number of anilines is 1. The van der Waals surface area contributed by atoms with E-state index in [1.165, 1.54) is 6.07 Å². The van der Waals surface area contributed by atoms with Crippen LogP contribution in [0.3, 0.4) is 0 Å². The second kappa shape index (κ2) is 10.8. The van der Waals surface area contributed by atoms with Crippen molar-refractivity contribution in [1.82, 2.24) is 5.32 Å². The molecule has 1 fully saturated rings. The first-order chi connectivity index (χ1) is 16.4. The van der Waals surface area contributed by atoms with Crippen LogP contribution in [-0.4, -0.2) is 30.1 Å². The van der Waals surface area contributed by atoms with Gasteiger partial charge >= 0.3 is 5.97 Å². The third kappa shape index (κ3) is 5.48. The Hall–Kier alpha value is -3.16. The molecule has 0 aromatic heterocycles. The van der Waals surface area contributed by atoms with E-state index < -0.39 is 5.97 Å². The molecule has 0 unspecified atom stereocenters. The molecule has 34 heavy (non-hydrogen) atoms. The molecular formula is C27H27BrN2O4. The third-order valence-corrected chi connectivity index (χ3v) is 6.94. The van der Waals surface area contributed by atoms with Gasteiger partial charge in [-0.2, -0.15) is 0 Å². The van der Waals surface area contributed by atoms with Gasteiger partial charge in [-0.3, -0.25) is 4.79 Å². The molecule has 1 saturated heterocycles. The van der Waals surface area contributed by atoms with Crippen LogP contribution in [0.4, 0.5) is 5.69 Å². The van der Waals surface area contributed by atoms with Gasteiger partial charge in [0, 0.05) is 0 Å². The van der Waals surface area contributed by atoms with Crippen LogP contribution in [0.2, 0.25) is 0 Å². The number of carbonyl (C=O) groups is 2. The maximum atomic E-state index is 13.5. The molecular weight excluding hydrogens is 496 g/mol. The van der Waals surface area contributed by atoms with Crippen LogP contribution in [0.1, 0.15) is 56.2 Å². The minimum Gasteiger partial charge on any atom is -0.488 e. The standard InChI is InChI=1S/C27H27BrN2O4/c1-17-7-9-21(27(32)33)24(28)25(17)30-26(31)22-15-20(19-11-13-29-14-12-19)8-10-23(22)34-16-18-5-3-2-4-6-18/h2-10,15,19,29H,11-14,16H2,1H3,(H,30,31)(H,32,33). The van der Waals surface area contributed by atoms with Crippen LogP contribution >= 0.6 is 15.9 Å². The first-order valence-corrected chi connectivity index (χ1v) is 12.1. The van der Waals surface area contributed by atoms with Gasteiger partial charge in [-0.25, -0.2) is 4.79 Å². The molecule has 1 heterocycles. The zero-order chi connectivity index (χ0) is 24.1. The zero-order valence-corrected chi connectivity index (χ0v) is 20.5. The van der Waals surface area contributed by atoms with Crippen molar-refractivity contribution in [3.8, 4) is 5.75 Å². The molecule has 0 spiro atoms. The summed E-state index contributed by atoms with van der Waals surface area (Å²) in [4.78, 5) is 25.1. The summed E-state index contributed by atoms with van der Waals surface area (Å²) in [6, 6.07) is 18.8. The summed E-state index contributed by atoms with van der Waals surface area (Å²) in [5, 5.41) is 15.8. The quantitative estimate of drug-likeness (QED) is 0.367. The van der Waals surface area contributed by atoms with Crippen LogP contribution in [0.25, 0.3) is 0 Å². The molecule has 176 valence electrons. The summed E-state index contributed by atoms with van der Waals surface area (Å²) >= 11 is 3.36. The lowest BCUT2D eigenvalue weighted by molar-refractivity contribution is 0.0695. The summed E-state index contributed by atoms with van der Waals surface area (Å²) in [5.41, 5.74) is 3.82. The molecule has 0 aliphatic carbocycles. The maximum absolute atomic E-state index is 13.5. The molecule has 0 saturated carbocycles. The Labute approximate surface area is 207 Å². The van der Waals surface area contributed by atoms with Gasteiger partial charge in [0.05, 0.1) is 21.3 Å². The van der Waals surface area contributed by atoms with E-state index in [0.717, 1.165) is 42.6 Å². The number of nitrogens with one attached hydrogen (secondary N) is 2. The number of aromatic carboxylic acids is 1. The highest BCUT2D eigenvalue weighted by Gasteiger charge is 2.22. The first kappa shape index (κ1) is 24.0. The monoisotopic (exact) mass is 522 g/mol. The summed E-state index contributed by atoms with van der Waals surface area (Å²) in [6.07, 6.45) is 2.02. The van der Waals surface area contributed by atoms with Gasteiger partial charge in [-0.05, 0) is 89.6 Å². The van der Waals surface area contributed by atoms with Gasteiger partial charge in [0.25, 0.3) is 5.91 Å². The van der Waals surface area contributed by atoms with E-state index in [0.29, 0.717) is 34.0 Å². The molecule has 3 N–H and O–H groups in total. The lowest BCUT2D eigenvalue weighted by Crippen LogP contribution is -2.26. The fraction of sp³-hybridized carbons (Fsp3) is 0.259. The largest absolute Gasteiger partial charge is 0.488 e. The predicted molar refractivity (Wildman–Crippen MR) is 136 cm³/mol. The average Bonchev–Trinajstić information content (AvgIpc) is 2.86. The third-order valence-electron chi connectivity index (χ3n) is 6.12. The van der Waals surface area contributed by atoms with Crippen molar-refractivity contribution < 1.29 is 19.4 Å². The van der Waals surface area contributed by atoms with Crippen LogP contribution < -0.4 is 15.4 Å². The minimum atomic E-state index is -1.07. The number of halogens is 1. The molecule has 6 nitrogen and oxygen atoms in total. The molecule has 3 aromatic rings. The van der Waals surface area contributed by atoms with E-state index in [2.05, 4.69) is 26.6 Å². The highest BCUT2D eigenvalue weighted by molar-refractivity contribution is 9.10. The molecule has 0 atom stereocenters. The maximum Gasteiger partial charge on any atom is 0.336 e. The van der Waals surface area contributed by atoms with E-state index in [9.17, 15) is 14.7 Å². The van der Waals surface area contributed by atoms with Crippen LogP contribution in [0.5, 0.6) is 5.75 Å². The van der Waals surface area contributed by atoms with Crippen molar-refractivity contribution in [2.45, 2.75) is 32.3 Å². The van der Waals surface area contributed by atoms with E-state index in [-0.39, 0.29) is 11.5 Å². The number of piperidine rings is 1. The SMILES string of the molecule is Cc1ccc(C(=O)O)c(Br)c1NC(=O)c1cc(C2CCNCC2)ccc1OCc1ccccc1. The fourth-order valence-corrected chi connectivity index (χ4v) is 4.88. The Morgan fingerprint density at radius 1 is 1.06 bits per heavy atom. The number of hydrogen-bond acceptors (Lipinski definition) is 4. The van der Waals surface area contributed by atoms with Crippen molar-refractivity contribution in [3.05, 3.63) is 93.0 Å². The lowest BCUT2D eigenvalue weighted by Gasteiger charge is -2.24. The van der Waals surface area contributed by atoms with Gasteiger partial charge < -0.3 is 20.5 Å². The van der Waals surface area contributed by atoms with Crippen molar-refractivity contribution in [1.29, 1.82) is 0 Å². The minimum absolute atomic E-state index is 0.0879. The Morgan fingerprint density at radius 3 is 2.50 bits per heavy atom. The molecule has 1 aliphatic rings. The molecule has 1 aliphatic heterocycles. The number of carboxylic acids is 1. The first-order valence-electron chi connectivity index (χ1n) is 11.3. The Bertz CT molecular complexity index is 1190.